The number of H-pyrrole nitrogens is 1. The normalized spacial score (nSPS) is 10.6. The van der Waals surface area contributed by atoms with Crippen LogP contribution < -0.4 is 15.7 Å². The van der Waals surface area contributed by atoms with Gasteiger partial charge in [0.05, 0.1) is 13.3 Å². The van der Waals surface area contributed by atoms with Crippen molar-refractivity contribution in [1.29, 1.82) is 0 Å². The largest absolute Gasteiger partial charge is 0.496 e. The number of hydrazone groups is 1. The summed E-state index contributed by atoms with van der Waals surface area (Å²) in [5, 5.41) is 11.4. The lowest BCUT2D eigenvalue weighted by molar-refractivity contribution is 0.414. The number of rotatable bonds is 4. The number of ether oxygens (including phenoxy) is 1. The van der Waals surface area contributed by atoms with Gasteiger partial charge < -0.3 is 4.74 Å². The summed E-state index contributed by atoms with van der Waals surface area (Å²) in [6, 6.07) is 7.42. The highest BCUT2D eigenvalue weighted by Gasteiger charge is 1.99. The van der Waals surface area contributed by atoms with Gasteiger partial charge in [-0.15, -0.1) is 10.2 Å². The first-order valence-corrected chi connectivity index (χ1v) is 5.56. The predicted octanol–water partition coefficient (Wildman–Crippen LogP) is 0.928. The van der Waals surface area contributed by atoms with Crippen LogP contribution >= 0.6 is 0 Å². The molecule has 0 atom stereocenters. The summed E-state index contributed by atoms with van der Waals surface area (Å²) in [6.07, 6.45) is 1.57. The number of aryl methyl sites for hydroxylation is 1. The van der Waals surface area contributed by atoms with Crippen LogP contribution in [-0.2, 0) is 0 Å². The lowest BCUT2D eigenvalue weighted by Crippen LogP contribution is -2.15. The molecule has 2 aromatic rings. The maximum atomic E-state index is 11.3. The molecule has 2 rings (SSSR count). The lowest BCUT2D eigenvalue weighted by atomic mass is 10.2. The topological polar surface area (TPSA) is 92.3 Å². The summed E-state index contributed by atoms with van der Waals surface area (Å²) in [5.74, 6) is 0.887. The van der Waals surface area contributed by atoms with Gasteiger partial charge in [-0.25, -0.2) is 5.43 Å². The van der Waals surface area contributed by atoms with Crippen LogP contribution in [0.25, 0.3) is 0 Å². The Bertz CT molecular complexity index is 651. The fourth-order valence-corrected chi connectivity index (χ4v) is 1.38. The molecular weight excluding hydrogens is 246 g/mol. The van der Waals surface area contributed by atoms with Crippen LogP contribution in [-0.4, -0.2) is 28.5 Å². The van der Waals surface area contributed by atoms with Gasteiger partial charge in [-0.05, 0) is 19.1 Å². The maximum Gasteiger partial charge on any atom is 0.274 e. The Hall–Kier alpha value is -2.70. The number of methoxy groups -OCH3 is 1. The summed E-state index contributed by atoms with van der Waals surface area (Å²) >= 11 is 0. The molecule has 0 aliphatic heterocycles. The van der Waals surface area contributed by atoms with Crippen LogP contribution in [0.15, 0.2) is 34.2 Å². The summed E-state index contributed by atoms with van der Waals surface area (Å²) in [4.78, 5) is 13.8. The molecule has 0 spiro atoms. The molecule has 0 radical (unpaired) electrons. The van der Waals surface area contributed by atoms with E-state index in [1.165, 1.54) is 0 Å². The van der Waals surface area contributed by atoms with Crippen molar-refractivity contribution in [3.05, 3.63) is 45.9 Å². The molecule has 0 fully saturated rings. The second-order valence-electron chi connectivity index (χ2n) is 3.70. The SMILES string of the molecule is COc1ccccc1/C=N/Nc1nnc(C)c(=O)[nH]1. The Balaban J connectivity index is 2.11. The first-order valence-electron chi connectivity index (χ1n) is 5.56. The fourth-order valence-electron chi connectivity index (χ4n) is 1.38. The van der Waals surface area contributed by atoms with E-state index >= 15 is 0 Å². The molecule has 0 saturated carbocycles. The lowest BCUT2D eigenvalue weighted by Gasteiger charge is -2.03. The summed E-state index contributed by atoms with van der Waals surface area (Å²) in [5.41, 5.74) is 3.41. The first kappa shape index (κ1) is 12.7. The van der Waals surface area contributed by atoms with Crippen LogP contribution in [0.2, 0.25) is 0 Å². The number of anilines is 1. The van der Waals surface area contributed by atoms with Crippen molar-refractivity contribution >= 4 is 12.2 Å². The highest BCUT2D eigenvalue weighted by molar-refractivity contribution is 5.83. The standard InChI is InChI=1S/C12H13N5O2/c1-8-11(18)14-12(17-15-8)16-13-7-9-5-3-4-6-10(9)19-2/h3-7H,1-2H3,(H2,14,16,17,18)/b13-7+. The third-order valence-electron chi connectivity index (χ3n) is 2.37. The number of para-hydroxylation sites is 1. The first-order chi connectivity index (χ1) is 9.20. The van der Waals surface area contributed by atoms with Crippen LogP contribution in [0.4, 0.5) is 5.95 Å². The molecule has 19 heavy (non-hydrogen) atoms. The molecule has 1 aromatic heterocycles. The van der Waals surface area contributed by atoms with Crippen LogP contribution in [0.3, 0.4) is 0 Å². The second kappa shape index (κ2) is 5.76. The van der Waals surface area contributed by atoms with Gasteiger partial charge in [0, 0.05) is 5.56 Å². The third kappa shape index (κ3) is 3.15. The zero-order valence-corrected chi connectivity index (χ0v) is 10.5. The molecule has 7 nitrogen and oxygen atoms in total. The van der Waals surface area contributed by atoms with E-state index in [2.05, 4.69) is 25.7 Å². The Labute approximate surface area is 109 Å². The molecule has 0 bridgehead atoms. The van der Waals surface area contributed by atoms with Gasteiger partial charge in [0.15, 0.2) is 0 Å². The van der Waals surface area contributed by atoms with Crippen molar-refractivity contribution in [3.63, 3.8) is 0 Å². The van der Waals surface area contributed by atoms with E-state index in [1.807, 2.05) is 24.3 Å². The van der Waals surface area contributed by atoms with E-state index < -0.39 is 0 Å². The molecule has 0 aliphatic rings. The van der Waals surface area contributed by atoms with Crippen molar-refractivity contribution in [2.75, 3.05) is 12.5 Å². The minimum absolute atomic E-state index is 0.182. The van der Waals surface area contributed by atoms with Crippen molar-refractivity contribution in [1.82, 2.24) is 15.2 Å². The highest BCUT2D eigenvalue weighted by atomic mass is 16.5. The second-order valence-corrected chi connectivity index (χ2v) is 3.70. The van der Waals surface area contributed by atoms with Gasteiger partial charge in [0.25, 0.3) is 5.56 Å². The molecule has 0 saturated heterocycles. The molecule has 1 aromatic carbocycles. The highest BCUT2D eigenvalue weighted by Crippen LogP contribution is 2.14. The number of aromatic amines is 1. The molecule has 2 N–H and O–H groups in total. The molecule has 98 valence electrons. The van der Waals surface area contributed by atoms with E-state index in [-0.39, 0.29) is 11.5 Å². The number of aromatic nitrogens is 3. The molecule has 1 heterocycles. The quantitative estimate of drug-likeness (QED) is 0.629. The van der Waals surface area contributed by atoms with Crippen molar-refractivity contribution in [2.24, 2.45) is 5.10 Å². The van der Waals surface area contributed by atoms with Crippen molar-refractivity contribution in [2.45, 2.75) is 6.92 Å². The van der Waals surface area contributed by atoms with E-state index in [0.29, 0.717) is 11.4 Å². The van der Waals surface area contributed by atoms with Gasteiger partial charge >= 0.3 is 0 Å². The van der Waals surface area contributed by atoms with Gasteiger partial charge in [0.1, 0.15) is 11.4 Å². The van der Waals surface area contributed by atoms with E-state index in [4.69, 9.17) is 4.74 Å². The minimum atomic E-state index is -0.301. The molecular formula is C12H13N5O2. The Morgan fingerprint density at radius 3 is 2.89 bits per heavy atom. The third-order valence-corrected chi connectivity index (χ3v) is 2.37. The maximum absolute atomic E-state index is 11.3. The minimum Gasteiger partial charge on any atom is -0.496 e. The van der Waals surface area contributed by atoms with E-state index in [1.54, 1.807) is 20.2 Å². The van der Waals surface area contributed by atoms with Gasteiger partial charge in [-0.3, -0.25) is 9.78 Å². The van der Waals surface area contributed by atoms with Crippen LogP contribution in [0, 0.1) is 6.92 Å². The number of nitrogens with zero attached hydrogens (tertiary/aromatic N) is 3. The molecule has 0 amide bonds. The monoisotopic (exact) mass is 259 g/mol. The Kier molecular flexibility index (Phi) is 3.87. The van der Waals surface area contributed by atoms with Gasteiger partial charge in [0.2, 0.25) is 5.95 Å². The van der Waals surface area contributed by atoms with Crippen molar-refractivity contribution in [3.8, 4) is 5.75 Å². The summed E-state index contributed by atoms with van der Waals surface area (Å²) < 4.78 is 5.18. The van der Waals surface area contributed by atoms with Gasteiger partial charge in [-0.1, -0.05) is 12.1 Å². The Morgan fingerprint density at radius 1 is 1.37 bits per heavy atom. The number of hydrogen-bond acceptors (Lipinski definition) is 6. The Morgan fingerprint density at radius 2 is 2.16 bits per heavy atom. The molecule has 0 unspecified atom stereocenters. The van der Waals surface area contributed by atoms with Crippen LogP contribution in [0.5, 0.6) is 5.75 Å². The molecule has 0 aliphatic carbocycles. The van der Waals surface area contributed by atoms with Crippen LogP contribution in [0.1, 0.15) is 11.3 Å². The summed E-state index contributed by atoms with van der Waals surface area (Å²) in [7, 11) is 1.59. The number of hydrogen-bond donors (Lipinski definition) is 2. The molecule has 7 heteroatoms. The predicted molar refractivity (Wildman–Crippen MR) is 71.6 cm³/mol. The van der Waals surface area contributed by atoms with E-state index in [9.17, 15) is 4.79 Å². The van der Waals surface area contributed by atoms with Crippen molar-refractivity contribution < 1.29 is 4.74 Å². The average Bonchev–Trinajstić information content (AvgIpc) is 2.43. The number of nitrogens with one attached hydrogen (secondary N) is 2. The smallest absolute Gasteiger partial charge is 0.274 e. The average molecular weight is 259 g/mol. The number of benzene rings is 1. The zero-order chi connectivity index (χ0) is 13.7. The van der Waals surface area contributed by atoms with Gasteiger partial charge in [-0.2, -0.15) is 5.10 Å². The zero-order valence-electron chi connectivity index (χ0n) is 10.5. The van der Waals surface area contributed by atoms with E-state index in [0.717, 1.165) is 5.56 Å². The summed E-state index contributed by atoms with van der Waals surface area (Å²) in [6.45, 7) is 1.58. The fraction of sp³-hybridized carbons (Fsp3) is 0.167.